The Morgan fingerprint density at radius 1 is 1.50 bits per heavy atom. The van der Waals surface area contributed by atoms with E-state index in [1.807, 2.05) is 24.3 Å². The van der Waals surface area contributed by atoms with Gasteiger partial charge in [0.05, 0.1) is 6.10 Å². The van der Waals surface area contributed by atoms with Crippen molar-refractivity contribution < 1.29 is 9.94 Å². The van der Waals surface area contributed by atoms with Crippen LogP contribution in [0.2, 0.25) is 0 Å². The number of nitrogens with two attached hydrogens (primary N) is 1. The second-order valence-corrected chi connectivity index (χ2v) is 5.14. The van der Waals surface area contributed by atoms with Crippen LogP contribution in [0.5, 0.6) is 0 Å². The highest BCUT2D eigenvalue weighted by molar-refractivity contribution is 5.98. The van der Waals surface area contributed by atoms with Crippen LogP contribution in [0.15, 0.2) is 29.4 Å². The predicted octanol–water partition coefficient (Wildman–Crippen LogP) is 1.69. The number of amidine groups is 1. The molecule has 1 aliphatic heterocycles. The van der Waals surface area contributed by atoms with Crippen molar-refractivity contribution in [2.24, 2.45) is 16.8 Å². The number of oxime groups is 1. The molecular weight excluding hydrogens is 254 g/mol. The Hall–Kier alpha value is -1.59. The SMILES string of the molecule is CCC1OCCC1CNCc1ccccc1/C(N)=N/O. The summed E-state index contributed by atoms with van der Waals surface area (Å²) >= 11 is 0. The molecule has 2 atom stereocenters. The van der Waals surface area contributed by atoms with Gasteiger partial charge in [0.1, 0.15) is 0 Å². The molecule has 1 saturated heterocycles. The van der Waals surface area contributed by atoms with Gasteiger partial charge in [-0.25, -0.2) is 0 Å². The molecule has 0 spiro atoms. The standard InChI is InChI=1S/C15H23N3O2/c1-2-14-12(7-8-20-14)10-17-9-11-5-3-4-6-13(11)15(16)18-19/h3-6,12,14,17,19H,2,7-10H2,1H3,(H2,16,18). The molecule has 1 heterocycles. The number of hydrogen-bond acceptors (Lipinski definition) is 4. The van der Waals surface area contributed by atoms with Gasteiger partial charge in [0, 0.05) is 25.3 Å². The van der Waals surface area contributed by atoms with E-state index in [0.29, 0.717) is 18.6 Å². The molecule has 1 aromatic carbocycles. The molecule has 0 saturated carbocycles. The van der Waals surface area contributed by atoms with Crippen molar-refractivity contribution in [3.8, 4) is 0 Å². The Morgan fingerprint density at radius 2 is 2.30 bits per heavy atom. The van der Waals surface area contributed by atoms with Gasteiger partial charge in [-0.2, -0.15) is 0 Å². The zero-order chi connectivity index (χ0) is 14.4. The molecule has 1 fully saturated rings. The monoisotopic (exact) mass is 277 g/mol. The normalized spacial score (nSPS) is 23.1. The Morgan fingerprint density at radius 3 is 3.05 bits per heavy atom. The maximum atomic E-state index is 8.80. The van der Waals surface area contributed by atoms with Crippen LogP contribution in [0.25, 0.3) is 0 Å². The third-order valence-corrected chi connectivity index (χ3v) is 3.87. The van der Waals surface area contributed by atoms with Crippen LogP contribution in [0.4, 0.5) is 0 Å². The van der Waals surface area contributed by atoms with Gasteiger partial charge in [-0.05, 0) is 24.3 Å². The fourth-order valence-electron chi connectivity index (χ4n) is 2.75. The fraction of sp³-hybridized carbons (Fsp3) is 0.533. The molecule has 5 heteroatoms. The summed E-state index contributed by atoms with van der Waals surface area (Å²) in [6, 6.07) is 7.69. The first-order valence-corrected chi connectivity index (χ1v) is 7.14. The third kappa shape index (κ3) is 3.49. The van der Waals surface area contributed by atoms with Gasteiger partial charge in [-0.15, -0.1) is 0 Å². The van der Waals surface area contributed by atoms with Crippen molar-refractivity contribution in [1.82, 2.24) is 5.32 Å². The minimum Gasteiger partial charge on any atom is -0.409 e. The summed E-state index contributed by atoms with van der Waals surface area (Å²) in [5, 5.41) is 15.3. The van der Waals surface area contributed by atoms with E-state index in [1.165, 1.54) is 0 Å². The number of hydrogen-bond donors (Lipinski definition) is 3. The summed E-state index contributed by atoms with van der Waals surface area (Å²) < 4.78 is 5.68. The topological polar surface area (TPSA) is 79.9 Å². The molecule has 1 aliphatic rings. The fourth-order valence-corrected chi connectivity index (χ4v) is 2.75. The van der Waals surface area contributed by atoms with Crippen molar-refractivity contribution in [2.75, 3.05) is 13.2 Å². The van der Waals surface area contributed by atoms with Gasteiger partial charge in [0.25, 0.3) is 0 Å². The number of nitrogens with one attached hydrogen (secondary N) is 1. The Labute approximate surface area is 119 Å². The Balaban J connectivity index is 1.91. The summed E-state index contributed by atoms with van der Waals surface area (Å²) in [7, 11) is 0. The summed E-state index contributed by atoms with van der Waals surface area (Å²) in [5.41, 5.74) is 7.50. The largest absolute Gasteiger partial charge is 0.409 e. The average Bonchev–Trinajstić information content (AvgIpc) is 2.94. The van der Waals surface area contributed by atoms with Crippen LogP contribution in [0.3, 0.4) is 0 Å². The van der Waals surface area contributed by atoms with Crippen LogP contribution in [0, 0.1) is 5.92 Å². The lowest BCUT2D eigenvalue weighted by Crippen LogP contribution is -2.28. The number of benzene rings is 1. The first-order valence-electron chi connectivity index (χ1n) is 7.14. The molecule has 1 aromatic rings. The zero-order valence-electron chi connectivity index (χ0n) is 11.9. The van der Waals surface area contributed by atoms with Crippen molar-refractivity contribution in [2.45, 2.75) is 32.4 Å². The lowest BCUT2D eigenvalue weighted by molar-refractivity contribution is 0.0872. The van der Waals surface area contributed by atoms with Crippen LogP contribution >= 0.6 is 0 Å². The highest BCUT2D eigenvalue weighted by atomic mass is 16.5. The molecule has 20 heavy (non-hydrogen) atoms. The third-order valence-electron chi connectivity index (χ3n) is 3.87. The molecule has 4 N–H and O–H groups in total. The molecule has 0 amide bonds. The van der Waals surface area contributed by atoms with Crippen molar-refractivity contribution in [3.63, 3.8) is 0 Å². The summed E-state index contributed by atoms with van der Waals surface area (Å²) in [4.78, 5) is 0. The lowest BCUT2D eigenvalue weighted by Gasteiger charge is -2.17. The Kier molecular flexibility index (Phi) is 5.38. The molecule has 110 valence electrons. The second kappa shape index (κ2) is 7.26. The molecule has 2 unspecified atom stereocenters. The van der Waals surface area contributed by atoms with Crippen molar-refractivity contribution in [1.29, 1.82) is 0 Å². The van der Waals surface area contributed by atoms with E-state index >= 15 is 0 Å². The van der Waals surface area contributed by atoms with Crippen LogP contribution in [-0.2, 0) is 11.3 Å². The van der Waals surface area contributed by atoms with Gasteiger partial charge >= 0.3 is 0 Å². The quantitative estimate of drug-likeness (QED) is 0.320. The zero-order valence-corrected chi connectivity index (χ0v) is 11.9. The minimum atomic E-state index is 0.151. The van der Waals surface area contributed by atoms with Crippen molar-refractivity contribution >= 4 is 5.84 Å². The molecule has 2 rings (SSSR count). The predicted molar refractivity (Wildman–Crippen MR) is 78.8 cm³/mol. The smallest absolute Gasteiger partial charge is 0.170 e. The first-order chi connectivity index (χ1) is 9.76. The van der Waals surface area contributed by atoms with Crippen molar-refractivity contribution in [3.05, 3.63) is 35.4 Å². The first kappa shape index (κ1) is 14.8. The maximum Gasteiger partial charge on any atom is 0.170 e. The number of rotatable bonds is 6. The lowest BCUT2D eigenvalue weighted by atomic mass is 9.99. The highest BCUT2D eigenvalue weighted by Crippen LogP contribution is 2.22. The summed E-state index contributed by atoms with van der Waals surface area (Å²) in [6.07, 6.45) is 2.56. The second-order valence-electron chi connectivity index (χ2n) is 5.14. The van der Waals surface area contributed by atoms with Crippen LogP contribution in [0.1, 0.15) is 30.9 Å². The highest BCUT2D eigenvalue weighted by Gasteiger charge is 2.26. The van der Waals surface area contributed by atoms with E-state index in [-0.39, 0.29) is 5.84 Å². The van der Waals surface area contributed by atoms with Gasteiger partial charge in [-0.3, -0.25) is 0 Å². The average molecular weight is 277 g/mol. The summed E-state index contributed by atoms with van der Waals surface area (Å²) in [6.45, 7) is 4.67. The van der Waals surface area contributed by atoms with Gasteiger partial charge in [-0.1, -0.05) is 36.3 Å². The molecule has 0 aliphatic carbocycles. The van der Waals surface area contributed by atoms with Crippen LogP contribution in [-0.4, -0.2) is 30.3 Å². The van der Waals surface area contributed by atoms with Gasteiger partial charge in [0.15, 0.2) is 5.84 Å². The summed E-state index contributed by atoms with van der Waals surface area (Å²) in [5.74, 6) is 0.731. The van der Waals surface area contributed by atoms with E-state index in [2.05, 4.69) is 17.4 Å². The molecular formula is C15H23N3O2. The molecule has 5 nitrogen and oxygen atoms in total. The molecule has 0 radical (unpaired) electrons. The van der Waals surface area contributed by atoms with E-state index in [4.69, 9.17) is 15.7 Å². The minimum absolute atomic E-state index is 0.151. The van der Waals surface area contributed by atoms with E-state index in [0.717, 1.165) is 37.1 Å². The molecule has 0 bridgehead atoms. The van der Waals surface area contributed by atoms with Gasteiger partial charge in [0.2, 0.25) is 0 Å². The maximum absolute atomic E-state index is 8.80. The number of nitrogens with zero attached hydrogens (tertiary/aromatic N) is 1. The van der Waals surface area contributed by atoms with Crippen LogP contribution < -0.4 is 11.1 Å². The van der Waals surface area contributed by atoms with E-state index in [1.54, 1.807) is 0 Å². The number of ether oxygens (including phenoxy) is 1. The van der Waals surface area contributed by atoms with E-state index in [9.17, 15) is 0 Å². The van der Waals surface area contributed by atoms with Gasteiger partial charge < -0.3 is 21.0 Å². The van der Waals surface area contributed by atoms with E-state index < -0.39 is 0 Å². The molecule has 0 aromatic heterocycles. The Bertz CT molecular complexity index is 462.